The van der Waals surface area contributed by atoms with Crippen LogP contribution in [0.25, 0.3) is 0 Å². The van der Waals surface area contributed by atoms with E-state index in [1.54, 1.807) is 6.07 Å². The van der Waals surface area contributed by atoms with E-state index in [1.165, 1.54) is 6.07 Å². The average molecular weight is 410 g/mol. The number of pyridine rings is 1. The molecule has 1 fully saturated rings. The second-order valence-corrected chi connectivity index (χ2v) is 9.64. The lowest BCUT2D eigenvalue weighted by molar-refractivity contribution is -0.123. The quantitative estimate of drug-likeness (QED) is 0.725. The number of benzene rings is 1. The highest BCUT2D eigenvalue weighted by atomic mass is 19.1. The number of carbonyl (C=O) groups is 1. The number of anilines is 1. The summed E-state index contributed by atoms with van der Waals surface area (Å²) in [5.74, 6) is 0.154. The molecule has 1 saturated carbocycles. The van der Waals surface area contributed by atoms with Crippen molar-refractivity contribution < 1.29 is 9.18 Å². The molecular weight excluding hydrogens is 377 g/mol. The lowest BCUT2D eigenvalue weighted by Crippen LogP contribution is -2.42. The van der Waals surface area contributed by atoms with Gasteiger partial charge in [-0.2, -0.15) is 0 Å². The van der Waals surface area contributed by atoms with E-state index in [9.17, 15) is 9.18 Å². The van der Waals surface area contributed by atoms with Crippen LogP contribution in [0.15, 0.2) is 36.4 Å². The van der Waals surface area contributed by atoms with Gasteiger partial charge in [0.2, 0.25) is 5.91 Å². The van der Waals surface area contributed by atoms with Gasteiger partial charge in [-0.1, -0.05) is 32.0 Å². The molecule has 4 rings (SSSR count). The van der Waals surface area contributed by atoms with Gasteiger partial charge in [-0.15, -0.1) is 0 Å². The lowest BCUT2D eigenvalue weighted by atomic mass is 9.84. The highest BCUT2D eigenvalue weighted by Gasteiger charge is 2.42. The summed E-state index contributed by atoms with van der Waals surface area (Å²) in [6, 6.07) is 11.4. The summed E-state index contributed by atoms with van der Waals surface area (Å²) < 4.78 is 14.0. The number of carbonyl (C=O) groups excluding carboxylic acids is 1. The summed E-state index contributed by atoms with van der Waals surface area (Å²) in [6.45, 7) is 7.64. The number of hydrogen-bond donors (Lipinski definition) is 0. The third-order valence-electron chi connectivity index (χ3n) is 6.81. The fraction of sp³-hybridized carbons (Fsp3) is 0.520. The molecule has 1 aliphatic heterocycles. The minimum Gasteiger partial charge on any atom is -0.309 e. The Labute approximate surface area is 179 Å². The van der Waals surface area contributed by atoms with E-state index in [0.29, 0.717) is 19.1 Å². The summed E-state index contributed by atoms with van der Waals surface area (Å²) in [5.41, 5.74) is 3.63. The van der Waals surface area contributed by atoms with Gasteiger partial charge in [0.25, 0.3) is 0 Å². The van der Waals surface area contributed by atoms with E-state index in [1.807, 2.05) is 30.0 Å². The molecule has 2 aliphatic rings. The second-order valence-electron chi connectivity index (χ2n) is 9.64. The maximum Gasteiger partial charge on any atom is 0.230 e. The Bertz CT molecular complexity index is 934. The van der Waals surface area contributed by atoms with Crippen molar-refractivity contribution in [1.29, 1.82) is 0 Å². The molecule has 5 heteroatoms. The van der Waals surface area contributed by atoms with Gasteiger partial charge in [0.15, 0.2) is 0 Å². The Morgan fingerprint density at radius 3 is 2.57 bits per heavy atom. The minimum atomic E-state index is -0.146. The largest absolute Gasteiger partial charge is 0.309 e. The summed E-state index contributed by atoms with van der Waals surface area (Å²) >= 11 is 0. The van der Waals surface area contributed by atoms with Gasteiger partial charge < -0.3 is 4.90 Å². The summed E-state index contributed by atoms with van der Waals surface area (Å²) in [7, 11) is 2.06. The van der Waals surface area contributed by atoms with E-state index < -0.39 is 0 Å². The van der Waals surface area contributed by atoms with Crippen molar-refractivity contribution in [3.05, 3.63) is 59.2 Å². The molecule has 0 radical (unpaired) electrons. The molecule has 1 aromatic carbocycles. The molecule has 160 valence electrons. The first kappa shape index (κ1) is 21.0. The Hall–Kier alpha value is -2.27. The number of fused-ring (bicyclic) bond motifs is 1. The van der Waals surface area contributed by atoms with Crippen LogP contribution in [0.4, 0.5) is 10.1 Å². The van der Waals surface area contributed by atoms with Crippen LogP contribution in [0.1, 0.15) is 56.5 Å². The zero-order valence-electron chi connectivity index (χ0n) is 18.5. The van der Waals surface area contributed by atoms with Gasteiger partial charge in [-0.05, 0) is 57.9 Å². The first-order chi connectivity index (χ1) is 14.3. The lowest BCUT2D eigenvalue weighted by Gasteiger charge is -2.35. The Morgan fingerprint density at radius 1 is 1.17 bits per heavy atom. The highest BCUT2D eigenvalue weighted by Crippen LogP contribution is 2.41. The zero-order chi connectivity index (χ0) is 21.5. The second kappa shape index (κ2) is 8.10. The first-order valence-electron chi connectivity index (χ1n) is 11.0. The van der Waals surface area contributed by atoms with Crippen LogP contribution in [0.2, 0.25) is 0 Å². The first-order valence-corrected chi connectivity index (χ1v) is 11.0. The average Bonchev–Trinajstić information content (AvgIpc) is 2.99. The van der Waals surface area contributed by atoms with E-state index >= 15 is 0 Å². The smallest absolute Gasteiger partial charge is 0.230 e. The third kappa shape index (κ3) is 4.00. The summed E-state index contributed by atoms with van der Waals surface area (Å²) in [6.07, 6.45) is 3.71. The predicted molar refractivity (Wildman–Crippen MR) is 118 cm³/mol. The van der Waals surface area contributed by atoms with Crippen molar-refractivity contribution >= 4 is 11.6 Å². The molecule has 0 spiro atoms. The van der Waals surface area contributed by atoms with Crippen molar-refractivity contribution in [2.45, 2.75) is 64.5 Å². The molecule has 0 N–H and O–H groups in total. The molecule has 1 aromatic heterocycles. The molecule has 1 amide bonds. The van der Waals surface area contributed by atoms with E-state index in [2.05, 4.69) is 31.9 Å². The van der Waals surface area contributed by atoms with Crippen LogP contribution in [0.3, 0.4) is 0 Å². The van der Waals surface area contributed by atoms with Gasteiger partial charge >= 0.3 is 0 Å². The molecule has 0 unspecified atom stereocenters. The Kier molecular flexibility index (Phi) is 5.67. The fourth-order valence-electron chi connectivity index (χ4n) is 5.03. The van der Waals surface area contributed by atoms with Crippen LogP contribution in [-0.2, 0) is 16.8 Å². The number of aryl methyl sites for hydroxylation is 1. The molecule has 2 heterocycles. The molecule has 4 nitrogen and oxygen atoms in total. The summed E-state index contributed by atoms with van der Waals surface area (Å²) in [4.78, 5) is 22.3. The van der Waals surface area contributed by atoms with Gasteiger partial charge in [0, 0.05) is 41.7 Å². The Morgan fingerprint density at radius 2 is 1.87 bits per heavy atom. The van der Waals surface area contributed by atoms with E-state index in [0.717, 1.165) is 48.3 Å². The van der Waals surface area contributed by atoms with Crippen LogP contribution >= 0.6 is 0 Å². The Balaban J connectivity index is 1.39. The zero-order valence-corrected chi connectivity index (χ0v) is 18.5. The van der Waals surface area contributed by atoms with Crippen LogP contribution in [0.5, 0.6) is 0 Å². The number of amides is 1. The SMILES string of the molecule is Cc1ccc2c(n1)C(C)(C)CN2C(=O)C1CCC(N(C)Cc2ccccc2F)CC1. The fourth-order valence-corrected chi connectivity index (χ4v) is 5.03. The van der Waals surface area contributed by atoms with Crippen LogP contribution < -0.4 is 4.90 Å². The van der Waals surface area contributed by atoms with Gasteiger partial charge in [-0.25, -0.2) is 4.39 Å². The van der Waals surface area contributed by atoms with E-state index in [-0.39, 0.29) is 23.1 Å². The topological polar surface area (TPSA) is 36.4 Å². The number of hydrogen-bond acceptors (Lipinski definition) is 3. The highest BCUT2D eigenvalue weighted by molar-refractivity contribution is 5.97. The molecule has 2 aromatic rings. The van der Waals surface area contributed by atoms with E-state index in [4.69, 9.17) is 4.98 Å². The van der Waals surface area contributed by atoms with Gasteiger partial charge in [-0.3, -0.25) is 14.7 Å². The van der Waals surface area contributed by atoms with Crippen molar-refractivity contribution in [3.8, 4) is 0 Å². The normalized spacial score (nSPS) is 22.9. The maximum absolute atomic E-state index is 14.0. The molecule has 0 atom stereocenters. The monoisotopic (exact) mass is 409 g/mol. The van der Waals surface area contributed by atoms with Crippen molar-refractivity contribution in [2.24, 2.45) is 5.92 Å². The number of rotatable bonds is 4. The molecule has 0 saturated heterocycles. The maximum atomic E-state index is 14.0. The number of nitrogens with zero attached hydrogens (tertiary/aromatic N) is 3. The van der Waals surface area contributed by atoms with Crippen LogP contribution in [-0.4, -0.2) is 35.4 Å². The van der Waals surface area contributed by atoms with Crippen molar-refractivity contribution in [2.75, 3.05) is 18.5 Å². The van der Waals surface area contributed by atoms with Crippen molar-refractivity contribution in [1.82, 2.24) is 9.88 Å². The molecular formula is C25H32FN3O. The molecule has 30 heavy (non-hydrogen) atoms. The number of aromatic nitrogens is 1. The van der Waals surface area contributed by atoms with Gasteiger partial charge in [0.05, 0.1) is 11.4 Å². The van der Waals surface area contributed by atoms with Crippen LogP contribution in [0, 0.1) is 18.7 Å². The number of halogens is 1. The van der Waals surface area contributed by atoms with Gasteiger partial charge in [0.1, 0.15) is 5.82 Å². The standard InChI is InChI=1S/C25H32FN3O/c1-17-9-14-22-23(27-17)25(2,3)16-29(22)24(30)18-10-12-20(13-11-18)28(4)15-19-7-5-6-8-21(19)26/h5-9,14,18,20H,10-13,15-16H2,1-4H3. The third-order valence-corrected chi connectivity index (χ3v) is 6.81. The predicted octanol–water partition coefficient (Wildman–Crippen LogP) is 4.84. The van der Waals surface area contributed by atoms with Crippen molar-refractivity contribution in [3.63, 3.8) is 0 Å². The molecule has 1 aliphatic carbocycles. The molecule has 0 bridgehead atoms. The minimum absolute atomic E-state index is 0.0613. The summed E-state index contributed by atoms with van der Waals surface area (Å²) in [5, 5.41) is 0.